The maximum atomic E-state index is 12.9. The third-order valence-corrected chi connectivity index (χ3v) is 3.85. The number of hydrogen-bond acceptors (Lipinski definition) is 1. The van der Waals surface area contributed by atoms with E-state index in [1.165, 1.54) is 6.08 Å². The van der Waals surface area contributed by atoms with Crippen LogP contribution >= 0.6 is 0 Å². The maximum absolute atomic E-state index is 12.9. The molecule has 3 aliphatic rings. The maximum Gasteiger partial charge on any atom is 0.397 e. The first-order valence-electron chi connectivity index (χ1n) is 5.45. The van der Waals surface area contributed by atoms with Gasteiger partial charge in [0.2, 0.25) is 0 Å². The number of halogens is 3. The van der Waals surface area contributed by atoms with E-state index in [4.69, 9.17) is 0 Å². The van der Waals surface area contributed by atoms with Crippen LogP contribution in [0.5, 0.6) is 0 Å². The second kappa shape index (κ2) is 3.24. The van der Waals surface area contributed by atoms with Crippen molar-refractivity contribution >= 4 is 0 Å². The zero-order valence-corrected chi connectivity index (χ0v) is 8.82. The summed E-state index contributed by atoms with van der Waals surface area (Å²) in [5.74, 6) is 0. The SMILES string of the molecule is CCNC12C=CC(C(F)(F)F)(CC1)CC2. The fourth-order valence-corrected chi connectivity index (χ4v) is 2.76. The summed E-state index contributed by atoms with van der Waals surface area (Å²) in [7, 11) is 0. The lowest BCUT2D eigenvalue weighted by atomic mass is 9.61. The van der Waals surface area contributed by atoms with Crippen LogP contribution in [0.15, 0.2) is 12.2 Å². The molecule has 1 fully saturated rings. The van der Waals surface area contributed by atoms with E-state index in [2.05, 4.69) is 5.32 Å². The molecule has 1 saturated carbocycles. The smallest absolute Gasteiger partial charge is 0.308 e. The molecule has 0 radical (unpaired) electrons. The van der Waals surface area contributed by atoms with Crippen molar-refractivity contribution in [2.24, 2.45) is 5.41 Å². The molecular weight excluding hydrogens is 203 g/mol. The summed E-state index contributed by atoms with van der Waals surface area (Å²) in [6.45, 7) is 2.80. The molecule has 0 heterocycles. The molecule has 0 aromatic rings. The third-order valence-electron chi connectivity index (χ3n) is 3.85. The fourth-order valence-electron chi connectivity index (χ4n) is 2.76. The van der Waals surface area contributed by atoms with Crippen molar-refractivity contribution in [2.75, 3.05) is 6.54 Å². The molecule has 0 amide bonds. The van der Waals surface area contributed by atoms with E-state index >= 15 is 0 Å². The average molecular weight is 219 g/mol. The van der Waals surface area contributed by atoms with Crippen molar-refractivity contribution in [3.63, 3.8) is 0 Å². The highest BCUT2D eigenvalue weighted by Gasteiger charge is 2.58. The highest BCUT2D eigenvalue weighted by atomic mass is 19.4. The number of allylic oxidation sites excluding steroid dienone is 1. The molecule has 1 N–H and O–H groups in total. The minimum atomic E-state index is -4.08. The first kappa shape index (κ1) is 11.0. The Bertz CT molecular complexity index is 272. The molecule has 2 bridgehead atoms. The highest BCUT2D eigenvalue weighted by molar-refractivity contribution is 5.23. The molecule has 3 rings (SSSR count). The monoisotopic (exact) mass is 219 g/mol. The van der Waals surface area contributed by atoms with Crippen LogP contribution in [0.25, 0.3) is 0 Å². The number of hydrogen-bond donors (Lipinski definition) is 1. The molecule has 0 aromatic carbocycles. The predicted molar refractivity (Wildman–Crippen MR) is 52.5 cm³/mol. The number of fused-ring (bicyclic) bond motifs is 2. The van der Waals surface area contributed by atoms with Gasteiger partial charge in [-0.15, -0.1) is 0 Å². The predicted octanol–water partition coefficient (Wildman–Crippen LogP) is 3.03. The fraction of sp³-hybridized carbons (Fsp3) is 0.818. The summed E-state index contributed by atoms with van der Waals surface area (Å²) in [4.78, 5) is 0. The van der Waals surface area contributed by atoms with Gasteiger partial charge in [-0.1, -0.05) is 19.1 Å². The molecule has 0 saturated heterocycles. The van der Waals surface area contributed by atoms with Crippen LogP contribution in [-0.4, -0.2) is 18.3 Å². The Labute approximate surface area is 87.7 Å². The van der Waals surface area contributed by atoms with Gasteiger partial charge in [-0.25, -0.2) is 0 Å². The quantitative estimate of drug-likeness (QED) is 0.704. The molecule has 0 aliphatic heterocycles. The zero-order chi connectivity index (χ0) is 11.2. The normalized spacial score (nSPS) is 39.7. The Morgan fingerprint density at radius 2 is 1.73 bits per heavy atom. The number of alkyl halides is 3. The Kier molecular flexibility index (Phi) is 2.37. The second-order valence-electron chi connectivity index (χ2n) is 4.67. The van der Waals surface area contributed by atoms with Gasteiger partial charge in [0.1, 0.15) is 0 Å². The van der Waals surface area contributed by atoms with Crippen LogP contribution in [0.1, 0.15) is 32.6 Å². The number of likely N-dealkylation sites (N-methyl/N-ethyl adjacent to an activating group) is 1. The average Bonchev–Trinajstić information content (AvgIpc) is 2.19. The van der Waals surface area contributed by atoms with Crippen LogP contribution in [0.4, 0.5) is 13.2 Å². The first-order valence-corrected chi connectivity index (χ1v) is 5.45. The lowest BCUT2D eigenvalue weighted by Gasteiger charge is -2.49. The summed E-state index contributed by atoms with van der Waals surface area (Å²) >= 11 is 0. The lowest BCUT2D eigenvalue weighted by molar-refractivity contribution is -0.221. The van der Waals surface area contributed by atoms with Crippen molar-refractivity contribution < 1.29 is 13.2 Å². The third kappa shape index (κ3) is 1.59. The van der Waals surface area contributed by atoms with Crippen molar-refractivity contribution in [3.05, 3.63) is 12.2 Å². The van der Waals surface area contributed by atoms with Crippen molar-refractivity contribution in [3.8, 4) is 0 Å². The molecule has 4 heteroatoms. The van der Waals surface area contributed by atoms with Crippen LogP contribution in [0.2, 0.25) is 0 Å². The van der Waals surface area contributed by atoms with Crippen LogP contribution < -0.4 is 5.32 Å². The summed E-state index contributed by atoms with van der Waals surface area (Å²) in [6, 6.07) is 0. The Morgan fingerprint density at radius 3 is 2.07 bits per heavy atom. The van der Waals surface area contributed by atoms with Gasteiger partial charge in [0.15, 0.2) is 0 Å². The van der Waals surface area contributed by atoms with E-state index in [1.807, 2.05) is 6.92 Å². The van der Waals surface area contributed by atoms with Gasteiger partial charge in [-0.2, -0.15) is 13.2 Å². The first-order chi connectivity index (χ1) is 6.93. The summed E-state index contributed by atoms with van der Waals surface area (Å²) < 4.78 is 38.6. The molecule has 0 spiro atoms. The molecule has 0 unspecified atom stereocenters. The Hall–Kier alpha value is -0.510. The molecular formula is C11H16F3N. The van der Waals surface area contributed by atoms with Crippen LogP contribution in [0.3, 0.4) is 0 Å². The Morgan fingerprint density at radius 1 is 1.13 bits per heavy atom. The van der Waals surface area contributed by atoms with Gasteiger partial charge < -0.3 is 5.32 Å². The molecule has 1 nitrogen and oxygen atoms in total. The van der Waals surface area contributed by atoms with E-state index < -0.39 is 11.6 Å². The molecule has 15 heavy (non-hydrogen) atoms. The van der Waals surface area contributed by atoms with Gasteiger partial charge in [0.05, 0.1) is 5.41 Å². The largest absolute Gasteiger partial charge is 0.397 e. The Balaban J connectivity index is 2.23. The topological polar surface area (TPSA) is 12.0 Å². The van der Waals surface area contributed by atoms with E-state index in [0.717, 1.165) is 6.54 Å². The minimum Gasteiger partial charge on any atom is -0.308 e. The standard InChI is InChI=1S/C11H16F3N/c1-2-15-10-6-3-9(4-7-10,5-8-10)11(12,13)14/h3,6,15H,2,4-5,7-8H2,1H3. The summed E-state index contributed by atoms with van der Waals surface area (Å²) in [6.07, 6.45) is 0.746. The van der Waals surface area contributed by atoms with Crippen molar-refractivity contribution in [2.45, 2.75) is 44.3 Å². The molecule has 0 atom stereocenters. The zero-order valence-electron chi connectivity index (χ0n) is 8.82. The highest BCUT2D eigenvalue weighted by Crippen LogP contribution is 2.55. The lowest BCUT2D eigenvalue weighted by Crippen LogP contribution is -2.55. The van der Waals surface area contributed by atoms with Gasteiger partial charge in [0.25, 0.3) is 0 Å². The number of rotatable bonds is 2. The van der Waals surface area contributed by atoms with Crippen molar-refractivity contribution in [1.82, 2.24) is 5.32 Å². The van der Waals surface area contributed by atoms with Gasteiger partial charge in [-0.05, 0) is 32.2 Å². The van der Waals surface area contributed by atoms with Gasteiger partial charge >= 0.3 is 6.18 Å². The summed E-state index contributed by atoms with van der Waals surface area (Å²) in [5, 5.41) is 3.30. The van der Waals surface area contributed by atoms with Crippen LogP contribution in [-0.2, 0) is 0 Å². The van der Waals surface area contributed by atoms with Crippen molar-refractivity contribution in [1.29, 1.82) is 0 Å². The minimum absolute atomic E-state index is 0.151. The van der Waals surface area contributed by atoms with Crippen LogP contribution in [0, 0.1) is 5.41 Å². The van der Waals surface area contributed by atoms with Gasteiger partial charge in [-0.3, -0.25) is 0 Å². The van der Waals surface area contributed by atoms with E-state index in [-0.39, 0.29) is 18.4 Å². The van der Waals surface area contributed by atoms with E-state index in [1.54, 1.807) is 6.08 Å². The molecule has 86 valence electrons. The van der Waals surface area contributed by atoms with E-state index in [0.29, 0.717) is 12.8 Å². The van der Waals surface area contributed by atoms with E-state index in [9.17, 15) is 13.2 Å². The second-order valence-corrected chi connectivity index (χ2v) is 4.67. The van der Waals surface area contributed by atoms with Gasteiger partial charge in [0, 0.05) is 5.54 Å². The molecule has 0 aromatic heterocycles. The number of nitrogens with one attached hydrogen (secondary N) is 1. The summed E-state index contributed by atoms with van der Waals surface area (Å²) in [5.41, 5.74) is -1.67. The molecule has 3 aliphatic carbocycles.